The molecular weight excluding hydrogens is 426 g/mol. The fourth-order valence-corrected chi connectivity index (χ4v) is 3.29. The van der Waals surface area contributed by atoms with E-state index in [9.17, 15) is 19.7 Å². The van der Waals surface area contributed by atoms with Gasteiger partial charge in [0.25, 0.3) is 11.6 Å². The highest BCUT2D eigenvalue weighted by molar-refractivity contribution is 6.06. The Balaban J connectivity index is 1.60. The Morgan fingerprint density at radius 3 is 2.55 bits per heavy atom. The molecule has 2 heterocycles. The van der Waals surface area contributed by atoms with Crippen LogP contribution in [-0.4, -0.2) is 27.9 Å². The summed E-state index contributed by atoms with van der Waals surface area (Å²) in [7, 11) is 0. The number of hydrogen-bond donors (Lipinski definition) is 1. The number of esters is 1. The molecule has 4 rings (SSSR count). The lowest BCUT2D eigenvalue weighted by atomic mass is 10.1. The quantitative estimate of drug-likeness (QED) is 0.254. The predicted molar refractivity (Wildman–Crippen MR) is 121 cm³/mol. The van der Waals surface area contributed by atoms with E-state index in [1.54, 1.807) is 55.5 Å². The predicted octanol–water partition coefficient (Wildman–Crippen LogP) is 4.90. The molecule has 1 amide bonds. The van der Waals surface area contributed by atoms with Crippen molar-refractivity contribution in [2.24, 2.45) is 0 Å². The number of furan rings is 1. The molecule has 9 nitrogen and oxygen atoms in total. The van der Waals surface area contributed by atoms with E-state index < -0.39 is 22.9 Å². The van der Waals surface area contributed by atoms with Gasteiger partial charge in [-0.1, -0.05) is 30.3 Å². The second-order valence-corrected chi connectivity index (χ2v) is 7.29. The van der Waals surface area contributed by atoms with Gasteiger partial charge in [0.15, 0.2) is 11.9 Å². The molecule has 1 unspecified atom stereocenters. The average molecular weight is 445 g/mol. The van der Waals surface area contributed by atoms with Crippen molar-refractivity contribution in [1.82, 2.24) is 4.98 Å². The molecule has 33 heavy (non-hydrogen) atoms. The molecule has 1 atom stereocenters. The maximum atomic E-state index is 13.0. The summed E-state index contributed by atoms with van der Waals surface area (Å²) in [6.45, 7) is 3.19. The molecule has 0 bridgehead atoms. The SMILES string of the molecule is Cc1ccc(-c2cc(C(=O)OC(C)C(=O)Nc3ccccc3[N+](=O)[O-])c3ccccc3n2)o1. The fraction of sp³-hybridized carbons (Fsp3) is 0.125. The third-order valence-electron chi connectivity index (χ3n) is 4.94. The van der Waals surface area contributed by atoms with Crippen molar-refractivity contribution in [1.29, 1.82) is 0 Å². The molecule has 0 aliphatic rings. The zero-order valence-corrected chi connectivity index (χ0v) is 17.8. The number of para-hydroxylation sites is 3. The lowest BCUT2D eigenvalue weighted by molar-refractivity contribution is -0.383. The van der Waals surface area contributed by atoms with Crippen LogP contribution in [0.3, 0.4) is 0 Å². The van der Waals surface area contributed by atoms with Crippen molar-refractivity contribution in [3.8, 4) is 11.5 Å². The second-order valence-electron chi connectivity index (χ2n) is 7.29. The van der Waals surface area contributed by atoms with Gasteiger partial charge in [-0.05, 0) is 44.2 Å². The minimum absolute atomic E-state index is 0.0141. The van der Waals surface area contributed by atoms with Gasteiger partial charge in [-0.2, -0.15) is 0 Å². The maximum absolute atomic E-state index is 13.0. The minimum Gasteiger partial charge on any atom is -0.460 e. The van der Waals surface area contributed by atoms with Crippen LogP contribution in [0.5, 0.6) is 0 Å². The summed E-state index contributed by atoms with van der Waals surface area (Å²) in [5.74, 6) is -0.236. The molecule has 4 aromatic rings. The average Bonchev–Trinajstić information content (AvgIpc) is 3.24. The van der Waals surface area contributed by atoms with Gasteiger partial charge in [0.05, 0.1) is 16.0 Å². The highest BCUT2D eigenvalue weighted by atomic mass is 16.6. The van der Waals surface area contributed by atoms with Crippen LogP contribution in [0, 0.1) is 17.0 Å². The normalized spacial score (nSPS) is 11.7. The van der Waals surface area contributed by atoms with Crippen LogP contribution in [-0.2, 0) is 9.53 Å². The number of benzene rings is 2. The highest BCUT2D eigenvalue weighted by Gasteiger charge is 2.24. The van der Waals surface area contributed by atoms with Crippen molar-refractivity contribution in [2.45, 2.75) is 20.0 Å². The van der Waals surface area contributed by atoms with E-state index in [2.05, 4.69) is 10.3 Å². The summed E-state index contributed by atoms with van der Waals surface area (Å²) in [6, 6.07) is 17.9. The first-order valence-electron chi connectivity index (χ1n) is 10.1. The summed E-state index contributed by atoms with van der Waals surface area (Å²) in [5.41, 5.74) is 0.983. The Hall–Kier alpha value is -4.53. The van der Waals surface area contributed by atoms with Crippen LogP contribution < -0.4 is 5.32 Å². The molecule has 166 valence electrons. The van der Waals surface area contributed by atoms with Crippen LogP contribution in [0.25, 0.3) is 22.4 Å². The van der Waals surface area contributed by atoms with Crippen LogP contribution in [0.2, 0.25) is 0 Å². The smallest absolute Gasteiger partial charge is 0.339 e. The number of anilines is 1. The van der Waals surface area contributed by atoms with E-state index >= 15 is 0 Å². The zero-order valence-electron chi connectivity index (χ0n) is 17.8. The molecule has 0 radical (unpaired) electrons. The van der Waals surface area contributed by atoms with Gasteiger partial charge >= 0.3 is 5.97 Å². The van der Waals surface area contributed by atoms with Gasteiger partial charge in [-0.15, -0.1) is 0 Å². The summed E-state index contributed by atoms with van der Waals surface area (Å²) in [6.07, 6.45) is -1.21. The van der Waals surface area contributed by atoms with Crippen LogP contribution >= 0.6 is 0 Å². The number of hydrogen-bond acceptors (Lipinski definition) is 7. The van der Waals surface area contributed by atoms with Crippen LogP contribution in [0.4, 0.5) is 11.4 Å². The number of nitrogens with zero attached hydrogens (tertiary/aromatic N) is 2. The number of carbonyl (C=O) groups excluding carboxylic acids is 2. The molecule has 1 N–H and O–H groups in total. The number of nitro groups is 1. The van der Waals surface area contributed by atoms with E-state index in [-0.39, 0.29) is 16.9 Å². The molecule has 0 aliphatic heterocycles. The molecule has 0 aliphatic carbocycles. The number of ether oxygens (including phenoxy) is 1. The molecule has 0 saturated heterocycles. The Morgan fingerprint density at radius 1 is 1.09 bits per heavy atom. The van der Waals surface area contributed by atoms with Crippen LogP contribution in [0.1, 0.15) is 23.0 Å². The summed E-state index contributed by atoms with van der Waals surface area (Å²) < 4.78 is 11.0. The topological polar surface area (TPSA) is 125 Å². The number of nitrogens with one attached hydrogen (secondary N) is 1. The number of nitro benzene ring substituents is 1. The van der Waals surface area contributed by atoms with Gasteiger partial charge < -0.3 is 14.5 Å². The standard InChI is InChI=1S/C24H19N3O6/c1-14-11-12-22(32-14)20-13-17(16-7-3-4-8-18(16)25-20)24(29)33-15(2)23(28)26-19-9-5-6-10-21(19)27(30)31/h3-13,15H,1-2H3,(H,26,28). The van der Waals surface area contributed by atoms with Gasteiger partial charge in [0.2, 0.25) is 0 Å². The fourth-order valence-electron chi connectivity index (χ4n) is 3.29. The molecule has 0 fully saturated rings. The Morgan fingerprint density at radius 2 is 1.82 bits per heavy atom. The molecule has 9 heteroatoms. The van der Waals surface area contributed by atoms with Gasteiger partial charge in [0.1, 0.15) is 17.1 Å². The van der Waals surface area contributed by atoms with Crippen molar-refractivity contribution < 1.29 is 23.7 Å². The van der Waals surface area contributed by atoms with Gasteiger partial charge in [0, 0.05) is 11.5 Å². The van der Waals surface area contributed by atoms with E-state index in [1.807, 2.05) is 0 Å². The third kappa shape index (κ3) is 4.57. The van der Waals surface area contributed by atoms with Crippen molar-refractivity contribution in [3.63, 3.8) is 0 Å². The minimum atomic E-state index is -1.21. The first-order valence-corrected chi connectivity index (χ1v) is 10.1. The summed E-state index contributed by atoms with van der Waals surface area (Å²) >= 11 is 0. The zero-order chi connectivity index (χ0) is 23.5. The highest BCUT2D eigenvalue weighted by Crippen LogP contribution is 2.27. The van der Waals surface area contributed by atoms with E-state index in [0.29, 0.717) is 28.1 Å². The van der Waals surface area contributed by atoms with Gasteiger partial charge in [-0.25, -0.2) is 9.78 Å². The van der Waals surface area contributed by atoms with Crippen molar-refractivity contribution >= 4 is 34.2 Å². The number of aromatic nitrogens is 1. The Bertz CT molecular complexity index is 1380. The molecular formula is C24H19N3O6. The largest absolute Gasteiger partial charge is 0.460 e. The molecule has 0 saturated carbocycles. The van der Waals surface area contributed by atoms with E-state index in [0.717, 1.165) is 0 Å². The number of fused-ring (bicyclic) bond motifs is 1. The van der Waals surface area contributed by atoms with Crippen molar-refractivity contribution in [2.75, 3.05) is 5.32 Å². The molecule has 0 spiro atoms. The monoisotopic (exact) mass is 445 g/mol. The number of carbonyl (C=O) groups is 2. The third-order valence-corrected chi connectivity index (χ3v) is 4.94. The number of pyridine rings is 1. The Kier molecular flexibility index (Phi) is 5.86. The Labute approximate surface area is 188 Å². The first kappa shape index (κ1) is 21.7. The summed E-state index contributed by atoms with van der Waals surface area (Å²) in [4.78, 5) is 40.7. The van der Waals surface area contributed by atoms with E-state index in [4.69, 9.17) is 9.15 Å². The van der Waals surface area contributed by atoms with E-state index in [1.165, 1.54) is 25.1 Å². The van der Waals surface area contributed by atoms with Crippen molar-refractivity contribution in [3.05, 3.63) is 88.2 Å². The second kappa shape index (κ2) is 8.91. The molecule has 2 aromatic carbocycles. The van der Waals surface area contributed by atoms with Crippen LogP contribution in [0.15, 0.2) is 71.1 Å². The van der Waals surface area contributed by atoms with Gasteiger partial charge in [-0.3, -0.25) is 14.9 Å². The number of amides is 1. The number of rotatable bonds is 6. The lowest BCUT2D eigenvalue weighted by Gasteiger charge is -2.15. The first-order chi connectivity index (χ1) is 15.8. The number of aryl methyl sites for hydroxylation is 1. The summed E-state index contributed by atoms with van der Waals surface area (Å²) in [5, 5.41) is 14.2. The molecule has 2 aromatic heterocycles. The lowest BCUT2D eigenvalue weighted by Crippen LogP contribution is -2.30. The maximum Gasteiger partial charge on any atom is 0.339 e.